The van der Waals surface area contributed by atoms with E-state index in [1.807, 2.05) is 0 Å². The molecule has 0 aromatic heterocycles. The van der Waals surface area contributed by atoms with Gasteiger partial charge < -0.3 is 0 Å². The molecule has 8 rings (SSSR count). The molecule has 6 aromatic rings. The maximum atomic E-state index is 2.57. The van der Waals surface area contributed by atoms with Crippen molar-refractivity contribution in [2.45, 2.75) is 29.1 Å². The zero-order chi connectivity index (χ0) is 30.5. The number of allylic oxidation sites excluding steroid dienone is 1. The van der Waals surface area contributed by atoms with Gasteiger partial charge in [0, 0.05) is 0 Å². The molecule has 2 aliphatic carbocycles. The Bertz CT molecular complexity index is 1900. The second-order valence-corrected chi connectivity index (χ2v) is 18.6. The molecule has 6 aromatic carbocycles. The molecule has 0 saturated heterocycles. The predicted molar refractivity (Wildman–Crippen MR) is 191 cm³/mol. The summed E-state index contributed by atoms with van der Waals surface area (Å²) in [6.07, 6.45) is 8.31. The molecule has 218 valence electrons. The number of hydrogen-bond donors (Lipinski definition) is 0. The van der Waals surface area contributed by atoms with Crippen LogP contribution in [-0.4, -0.2) is 0 Å². The number of rotatable bonds is 7. The van der Waals surface area contributed by atoms with Gasteiger partial charge in [0.05, 0.1) is 0 Å². The van der Waals surface area contributed by atoms with Crippen molar-refractivity contribution in [3.8, 4) is 11.1 Å². The van der Waals surface area contributed by atoms with Crippen molar-refractivity contribution in [2.75, 3.05) is 0 Å². The fraction of sp³-hybridized carbons (Fsp3) is 0.116. The van der Waals surface area contributed by atoms with Gasteiger partial charge in [-0.3, -0.25) is 0 Å². The van der Waals surface area contributed by atoms with Gasteiger partial charge in [-0.25, -0.2) is 0 Å². The molecule has 0 amide bonds. The molecular formula is C43H37PZr. The van der Waals surface area contributed by atoms with Crippen LogP contribution in [0.1, 0.15) is 38.9 Å². The van der Waals surface area contributed by atoms with E-state index >= 15 is 0 Å². The van der Waals surface area contributed by atoms with Crippen LogP contribution in [0.5, 0.6) is 0 Å². The molecule has 0 bridgehead atoms. The number of aryl methyl sites for hydroxylation is 3. The first-order chi connectivity index (χ1) is 22.2. The second-order valence-electron chi connectivity index (χ2n) is 11.9. The first-order valence-electron chi connectivity index (χ1n) is 15.9. The van der Waals surface area contributed by atoms with Gasteiger partial charge in [0.25, 0.3) is 0 Å². The van der Waals surface area contributed by atoms with Crippen molar-refractivity contribution in [1.82, 2.24) is 0 Å². The molecular weight excluding hydrogens is 639 g/mol. The predicted octanol–water partition coefficient (Wildman–Crippen LogP) is 9.63. The Morgan fingerprint density at radius 1 is 0.600 bits per heavy atom. The van der Waals surface area contributed by atoms with Crippen LogP contribution in [-0.2, 0) is 45.4 Å². The fourth-order valence-corrected chi connectivity index (χ4v) is 14.0. The van der Waals surface area contributed by atoms with Gasteiger partial charge in [0.15, 0.2) is 0 Å². The third-order valence-electron chi connectivity index (χ3n) is 8.95. The maximum absolute atomic E-state index is 2.57. The Labute approximate surface area is 281 Å². The van der Waals surface area contributed by atoms with E-state index in [0.29, 0.717) is 0 Å². The minimum absolute atomic E-state index is 0.190. The molecule has 0 radical (unpaired) electrons. The Morgan fingerprint density at radius 2 is 1.22 bits per heavy atom. The summed E-state index contributed by atoms with van der Waals surface area (Å²) in [6, 6.07) is 55.3. The van der Waals surface area contributed by atoms with E-state index in [-0.39, 0.29) is 2.86 Å². The molecule has 2 unspecified atom stereocenters. The monoisotopic (exact) mass is 674 g/mol. The normalized spacial score (nSPS) is 15.7. The Hall–Kier alpha value is -3.63. The third kappa shape index (κ3) is 6.67. The van der Waals surface area contributed by atoms with Gasteiger partial charge in [-0.15, -0.1) is 0 Å². The summed E-state index contributed by atoms with van der Waals surface area (Å²) >= 11 is -0.995. The van der Waals surface area contributed by atoms with Gasteiger partial charge in [0.1, 0.15) is 0 Å². The maximum Gasteiger partial charge on any atom is -0.0238 e. The van der Waals surface area contributed by atoms with Crippen molar-refractivity contribution >= 4 is 23.2 Å². The summed E-state index contributed by atoms with van der Waals surface area (Å²) in [6.45, 7) is 2.27. The average Bonchev–Trinajstić information content (AvgIpc) is 3.66. The standard InChI is InChI=1S/C16H14P.C14H14.C13H9.Zr/c1-12-6-2-5-9-15(12)17-16-11-10-13-7-3-4-8-14(13)16;1-3-7-13(8-4-1)11-12-14-9-5-2-6-10-14;1-3-7-12-10(5-1)9-11-6-2-4-8-13(11)12;/h2-11,17H,1H3;1-10H,11-12H2;1-5,7-8H,9H2;. The molecule has 0 saturated carbocycles. The largest absolute Gasteiger partial charge is 0.0622 e. The summed E-state index contributed by atoms with van der Waals surface area (Å²) in [5, 5.41) is 1.51. The zero-order valence-electron chi connectivity index (χ0n) is 25.7. The fourth-order valence-electron chi connectivity index (χ4n) is 6.55. The Balaban J connectivity index is 0.000000195. The number of fused-ring (bicyclic) bond motifs is 4. The summed E-state index contributed by atoms with van der Waals surface area (Å²) in [7, 11) is 0.783. The van der Waals surface area contributed by atoms with E-state index in [1.54, 1.807) is 14.4 Å². The van der Waals surface area contributed by atoms with Crippen LogP contribution in [0.25, 0.3) is 17.2 Å². The topological polar surface area (TPSA) is 0 Å². The van der Waals surface area contributed by atoms with Crippen LogP contribution in [0.4, 0.5) is 0 Å². The van der Waals surface area contributed by atoms with Crippen LogP contribution < -0.4 is 8.58 Å². The van der Waals surface area contributed by atoms with Crippen LogP contribution >= 0.6 is 8.58 Å². The van der Waals surface area contributed by atoms with Crippen LogP contribution in [0, 0.1) is 6.92 Å². The van der Waals surface area contributed by atoms with Crippen molar-refractivity contribution in [1.29, 1.82) is 0 Å². The first kappa shape index (κ1) is 30.0. The molecule has 0 N–H and O–H groups in total. The zero-order valence-corrected chi connectivity index (χ0v) is 29.2. The van der Waals surface area contributed by atoms with Crippen molar-refractivity contribution in [2.24, 2.45) is 0 Å². The van der Waals surface area contributed by atoms with Crippen LogP contribution in [0.15, 0.2) is 158 Å². The minimum atomic E-state index is -0.995. The molecule has 0 spiro atoms. The average molecular weight is 676 g/mol. The van der Waals surface area contributed by atoms with Crippen molar-refractivity contribution in [3.63, 3.8) is 0 Å². The Morgan fingerprint density at radius 3 is 1.98 bits per heavy atom. The van der Waals surface area contributed by atoms with E-state index < -0.39 is 23.2 Å². The molecule has 2 heteroatoms. The van der Waals surface area contributed by atoms with Crippen LogP contribution in [0.3, 0.4) is 0 Å². The molecule has 0 aliphatic heterocycles. The van der Waals surface area contributed by atoms with Crippen molar-refractivity contribution < 1.29 is 23.2 Å². The Kier molecular flexibility index (Phi) is 9.21. The first-order valence-corrected chi connectivity index (χ1v) is 19.3. The minimum Gasteiger partial charge on any atom is -0.0622 e. The second kappa shape index (κ2) is 13.8. The third-order valence-corrected chi connectivity index (χ3v) is 16.1. The SMILES string of the molecule is Cc1ccccc1P[C]1([Zr][c]2cccc3c2Cc2ccccc2-3)C=Cc2ccccc21.c1ccc(CCc2ccccc2)cc1. The van der Waals surface area contributed by atoms with Crippen LogP contribution in [0.2, 0.25) is 0 Å². The van der Waals surface area contributed by atoms with E-state index in [1.165, 1.54) is 44.2 Å². The molecule has 0 heterocycles. The number of hydrogen-bond acceptors (Lipinski definition) is 0. The van der Waals surface area contributed by atoms with Gasteiger partial charge >= 0.3 is 199 Å². The van der Waals surface area contributed by atoms with E-state index in [2.05, 4.69) is 171 Å². The quantitative estimate of drug-likeness (QED) is 0.148. The van der Waals surface area contributed by atoms with Gasteiger partial charge in [-0.2, -0.15) is 0 Å². The van der Waals surface area contributed by atoms with E-state index in [0.717, 1.165) is 27.8 Å². The van der Waals surface area contributed by atoms with E-state index in [4.69, 9.17) is 0 Å². The molecule has 2 aliphatic rings. The summed E-state index contributed by atoms with van der Waals surface area (Å²) in [4.78, 5) is 0. The molecule has 45 heavy (non-hydrogen) atoms. The summed E-state index contributed by atoms with van der Waals surface area (Å²) in [5.74, 6) is 0. The smallest absolute Gasteiger partial charge is 0.0238 e. The van der Waals surface area contributed by atoms with Gasteiger partial charge in [0.2, 0.25) is 0 Å². The summed E-state index contributed by atoms with van der Waals surface area (Å²) < 4.78 is 1.86. The summed E-state index contributed by atoms with van der Waals surface area (Å²) in [5.41, 5.74) is 13.2. The van der Waals surface area contributed by atoms with Gasteiger partial charge in [-0.1, -0.05) is 60.7 Å². The van der Waals surface area contributed by atoms with Crippen molar-refractivity contribution in [3.05, 3.63) is 197 Å². The van der Waals surface area contributed by atoms with E-state index in [9.17, 15) is 0 Å². The molecule has 0 nitrogen and oxygen atoms in total. The van der Waals surface area contributed by atoms with Gasteiger partial charge in [-0.05, 0) is 24.0 Å². The molecule has 2 atom stereocenters. The molecule has 0 fully saturated rings. The number of benzene rings is 6.